The van der Waals surface area contributed by atoms with E-state index in [4.69, 9.17) is 9.47 Å². The molecule has 1 saturated carbocycles. The molecule has 3 aromatic rings. The summed E-state index contributed by atoms with van der Waals surface area (Å²) < 4.78 is 14.3. The molecule has 3 aliphatic rings. The van der Waals surface area contributed by atoms with Crippen LogP contribution in [-0.2, 0) is 9.47 Å². The van der Waals surface area contributed by atoms with Crippen molar-refractivity contribution in [3.05, 3.63) is 46.5 Å². The van der Waals surface area contributed by atoms with E-state index in [0.717, 1.165) is 19.4 Å². The number of hydrogen-bond acceptors (Lipinski definition) is 8. The summed E-state index contributed by atoms with van der Waals surface area (Å²) in [6, 6.07) is 5.48. The first kappa shape index (κ1) is 21.1. The Morgan fingerprint density at radius 3 is 2.82 bits per heavy atom. The Hall–Kier alpha value is -3.44. The fourth-order valence-electron chi connectivity index (χ4n) is 5.02. The van der Waals surface area contributed by atoms with Gasteiger partial charge in [-0.25, -0.2) is 4.98 Å². The largest absolute Gasteiger partial charge is 0.381 e. The quantitative estimate of drug-likeness (QED) is 0.499. The number of pyridine rings is 1. The van der Waals surface area contributed by atoms with Crippen molar-refractivity contribution in [2.24, 2.45) is 11.8 Å². The SMILES string of the molecule is CNc1cc(Nc2cccn([C@H]3CCCOC3)c2=O)nc2c(C(=O)NC3[C@H]4COC[C@@H]34)cnn12. The number of rotatable bonds is 6. The van der Waals surface area contributed by atoms with Crippen LogP contribution in [-0.4, -0.2) is 64.6 Å². The molecule has 0 aromatic carbocycles. The van der Waals surface area contributed by atoms with Gasteiger partial charge < -0.3 is 30.0 Å². The molecular weight excluding hydrogens is 438 g/mol. The maximum absolute atomic E-state index is 13.1. The molecule has 4 atom stereocenters. The molecule has 0 spiro atoms. The number of carbonyl (C=O) groups excluding carboxylic acids is 1. The van der Waals surface area contributed by atoms with Gasteiger partial charge in [0.1, 0.15) is 22.9 Å². The van der Waals surface area contributed by atoms with Crippen LogP contribution in [0.25, 0.3) is 5.65 Å². The van der Waals surface area contributed by atoms with Crippen LogP contribution in [0, 0.1) is 11.8 Å². The summed E-state index contributed by atoms with van der Waals surface area (Å²) in [6.07, 6.45) is 5.15. The lowest BCUT2D eigenvalue weighted by Crippen LogP contribution is -2.31. The number of carbonyl (C=O) groups is 1. The van der Waals surface area contributed by atoms with Crippen molar-refractivity contribution in [2.45, 2.75) is 24.9 Å². The number of nitrogens with one attached hydrogen (secondary N) is 3. The number of fused-ring (bicyclic) bond motifs is 2. The predicted octanol–water partition coefficient (Wildman–Crippen LogP) is 1.40. The van der Waals surface area contributed by atoms with Gasteiger partial charge >= 0.3 is 0 Å². The molecule has 1 unspecified atom stereocenters. The maximum atomic E-state index is 13.1. The zero-order chi connectivity index (χ0) is 23.2. The Balaban J connectivity index is 1.29. The van der Waals surface area contributed by atoms with Crippen molar-refractivity contribution < 1.29 is 14.3 Å². The number of amides is 1. The molecule has 3 N–H and O–H groups in total. The maximum Gasteiger partial charge on any atom is 0.274 e. The van der Waals surface area contributed by atoms with Crippen molar-refractivity contribution in [3.63, 3.8) is 0 Å². The van der Waals surface area contributed by atoms with Crippen LogP contribution in [0.3, 0.4) is 0 Å². The average molecular weight is 466 g/mol. The fourth-order valence-corrected chi connectivity index (χ4v) is 5.02. The number of ether oxygens (including phenoxy) is 2. The van der Waals surface area contributed by atoms with Crippen molar-refractivity contribution in [3.8, 4) is 0 Å². The molecule has 6 rings (SSSR count). The molecule has 3 fully saturated rings. The van der Waals surface area contributed by atoms with Crippen LogP contribution in [0.1, 0.15) is 29.2 Å². The van der Waals surface area contributed by atoms with Gasteiger partial charge in [0, 0.05) is 43.8 Å². The molecule has 0 bridgehead atoms. The third-order valence-electron chi connectivity index (χ3n) is 6.99. The second-order valence-electron chi connectivity index (χ2n) is 9.06. The van der Waals surface area contributed by atoms with E-state index in [1.807, 2.05) is 6.07 Å². The smallest absolute Gasteiger partial charge is 0.274 e. The van der Waals surface area contributed by atoms with Gasteiger partial charge in [0.15, 0.2) is 5.65 Å². The highest BCUT2D eigenvalue weighted by Crippen LogP contribution is 2.44. The third kappa shape index (κ3) is 3.61. The lowest BCUT2D eigenvalue weighted by Gasteiger charge is -2.24. The molecule has 34 heavy (non-hydrogen) atoms. The number of hydrogen-bond donors (Lipinski definition) is 3. The lowest BCUT2D eigenvalue weighted by molar-refractivity contribution is 0.0581. The zero-order valence-corrected chi connectivity index (χ0v) is 18.9. The van der Waals surface area contributed by atoms with E-state index in [0.29, 0.717) is 60.2 Å². The van der Waals surface area contributed by atoms with E-state index in [9.17, 15) is 9.59 Å². The highest BCUT2D eigenvalue weighted by Gasteiger charge is 2.54. The highest BCUT2D eigenvalue weighted by molar-refractivity contribution is 6.00. The van der Waals surface area contributed by atoms with Crippen LogP contribution in [0.5, 0.6) is 0 Å². The minimum absolute atomic E-state index is 0.0174. The Kier molecular flexibility index (Phi) is 5.22. The summed E-state index contributed by atoms with van der Waals surface area (Å²) in [5.74, 6) is 1.68. The summed E-state index contributed by atoms with van der Waals surface area (Å²) in [4.78, 5) is 30.8. The first-order valence-corrected chi connectivity index (χ1v) is 11.6. The van der Waals surface area contributed by atoms with Gasteiger partial charge in [-0.1, -0.05) is 0 Å². The first-order valence-electron chi connectivity index (χ1n) is 11.6. The summed E-state index contributed by atoms with van der Waals surface area (Å²) in [5, 5.41) is 13.7. The Labute approximate surface area is 195 Å². The van der Waals surface area contributed by atoms with Gasteiger partial charge in [0.2, 0.25) is 0 Å². The van der Waals surface area contributed by atoms with Crippen LogP contribution in [0.2, 0.25) is 0 Å². The Morgan fingerprint density at radius 2 is 2.06 bits per heavy atom. The van der Waals surface area contributed by atoms with Gasteiger partial charge in [0.05, 0.1) is 32.1 Å². The molecule has 178 valence electrons. The third-order valence-corrected chi connectivity index (χ3v) is 6.99. The normalized spacial score (nSPS) is 25.7. The molecule has 1 amide bonds. The number of nitrogens with zero attached hydrogens (tertiary/aromatic N) is 4. The van der Waals surface area contributed by atoms with E-state index in [-0.39, 0.29) is 23.6 Å². The zero-order valence-electron chi connectivity index (χ0n) is 18.9. The van der Waals surface area contributed by atoms with Gasteiger partial charge in [-0.05, 0) is 25.0 Å². The predicted molar refractivity (Wildman–Crippen MR) is 125 cm³/mol. The fraction of sp³-hybridized carbons (Fsp3) is 0.478. The van der Waals surface area contributed by atoms with Crippen molar-refractivity contribution in [1.82, 2.24) is 24.5 Å². The summed E-state index contributed by atoms with van der Waals surface area (Å²) >= 11 is 0. The minimum Gasteiger partial charge on any atom is -0.381 e. The summed E-state index contributed by atoms with van der Waals surface area (Å²) in [7, 11) is 1.77. The lowest BCUT2D eigenvalue weighted by atomic mass is 10.1. The molecule has 0 radical (unpaired) electrons. The van der Waals surface area contributed by atoms with Gasteiger partial charge in [-0.15, -0.1) is 0 Å². The van der Waals surface area contributed by atoms with Gasteiger partial charge in [0.25, 0.3) is 11.5 Å². The molecule has 2 aliphatic heterocycles. The molecule has 3 aromatic heterocycles. The van der Waals surface area contributed by atoms with Crippen LogP contribution in [0.4, 0.5) is 17.3 Å². The number of aromatic nitrogens is 4. The Morgan fingerprint density at radius 1 is 1.21 bits per heavy atom. The summed E-state index contributed by atoms with van der Waals surface area (Å²) in [5.41, 5.74) is 1.06. The first-order chi connectivity index (χ1) is 16.6. The van der Waals surface area contributed by atoms with E-state index >= 15 is 0 Å². The standard InChI is InChI=1S/C23H27N7O4/c1-24-19-8-18(26-17-5-2-6-29(23(17)32)13-4-3-7-33-10-13)27-21-14(9-25-30(19)21)22(31)28-20-15-11-34-12-16(15)20/h2,5-6,8-9,13,15-16,20,24H,3-4,7,10-12H2,1H3,(H,26,27)(H,28,31)/t13-,15-,16+,20?/m0/s1. The second kappa shape index (κ2) is 8.41. The molecule has 1 aliphatic carbocycles. The van der Waals surface area contributed by atoms with E-state index in [1.165, 1.54) is 6.20 Å². The summed E-state index contributed by atoms with van der Waals surface area (Å²) in [6.45, 7) is 2.65. The van der Waals surface area contributed by atoms with Gasteiger partial charge in [-0.2, -0.15) is 9.61 Å². The topological polar surface area (TPSA) is 124 Å². The Bertz CT molecular complexity index is 1290. The molecule has 2 saturated heterocycles. The minimum atomic E-state index is -0.208. The highest BCUT2D eigenvalue weighted by atomic mass is 16.5. The van der Waals surface area contributed by atoms with Crippen molar-refractivity contribution >= 4 is 28.9 Å². The van der Waals surface area contributed by atoms with E-state index in [2.05, 4.69) is 26.0 Å². The van der Waals surface area contributed by atoms with Crippen LogP contribution < -0.4 is 21.5 Å². The van der Waals surface area contributed by atoms with Crippen LogP contribution >= 0.6 is 0 Å². The van der Waals surface area contributed by atoms with E-state index < -0.39 is 0 Å². The number of anilines is 3. The van der Waals surface area contributed by atoms with Crippen molar-refractivity contribution in [1.29, 1.82) is 0 Å². The molecular formula is C23H27N7O4. The average Bonchev–Trinajstić information content (AvgIpc) is 3.22. The van der Waals surface area contributed by atoms with E-state index in [1.54, 1.807) is 34.5 Å². The second-order valence-corrected chi connectivity index (χ2v) is 9.06. The molecule has 11 nitrogen and oxygen atoms in total. The monoisotopic (exact) mass is 465 g/mol. The van der Waals surface area contributed by atoms with Crippen molar-refractivity contribution in [2.75, 3.05) is 44.1 Å². The van der Waals surface area contributed by atoms with Gasteiger partial charge in [-0.3, -0.25) is 9.59 Å². The molecule has 11 heteroatoms. The van der Waals surface area contributed by atoms with Crippen LogP contribution in [0.15, 0.2) is 35.4 Å². The molecule has 5 heterocycles.